The molecule has 1 heterocycles. The molecule has 2 rings (SSSR count). The zero-order chi connectivity index (χ0) is 12.8. The van der Waals surface area contributed by atoms with Gasteiger partial charge in [-0.3, -0.25) is 0 Å². The Morgan fingerprint density at radius 2 is 1.79 bits per heavy atom. The van der Waals surface area contributed by atoms with Gasteiger partial charge >= 0.3 is 107 Å². The molecule has 1 aliphatic carbocycles. The van der Waals surface area contributed by atoms with Crippen molar-refractivity contribution < 1.29 is 13.3 Å². The molecular weight excluding hydrogens is 346 g/mol. The van der Waals surface area contributed by atoms with Gasteiger partial charge in [0.2, 0.25) is 0 Å². The van der Waals surface area contributed by atoms with Gasteiger partial charge in [0, 0.05) is 0 Å². The van der Waals surface area contributed by atoms with Gasteiger partial charge in [-0.25, -0.2) is 0 Å². The SMILES string of the molecule is C[SiH](C)[Ti]([CH3])([CH3])([CH3])([C]1=CC=CC1)[c]1ccc[pH]1.Cl.Cl. The first-order valence-electron chi connectivity index (χ1n) is 6.65. The second-order valence-corrected chi connectivity index (χ2v) is 42.2. The second-order valence-electron chi connectivity index (χ2n) is 7.84. The predicted octanol–water partition coefficient (Wildman–Crippen LogP) is 5.38. The van der Waals surface area contributed by atoms with Crippen molar-refractivity contribution in [2.75, 3.05) is 0 Å². The number of rotatable bonds is 3. The van der Waals surface area contributed by atoms with Crippen LogP contribution in [0.4, 0.5) is 0 Å². The summed E-state index contributed by atoms with van der Waals surface area (Å²) < 4.78 is 3.62. The van der Waals surface area contributed by atoms with Crippen LogP contribution in [0.5, 0.6) is 0 Å². The Kier molecular flexibility index (Phi) is 5.74. The molecule has 0 aliphatic heterocycles. The van der Waals surface area contributed by atoms with Crippen molar-refractivity contribution >= 4 is 43.3 Å². The first kappa shape index (κ1) is 19.8. The van der Waals surface area contributed by atoms with Gasteiger partial charge in [0.1, 0.15) is 0 Å². The van der Waals surface area contributed by atoms with Crippen LogP contribution in [-0.2, 0) is 13.3 Å². The van der Waals surface area contributed by atoms with Gasteiger partial charge < -0.3 is 0 Å². The molecule has 110 valence electrons. The van der Waals surface area contributed by atoms with Crippen molar-refractivity contribution in [3.63, 3.8) is 0 Å². The van der Waals surface area contributed by atoms with E-state index in [4.69, 9.17) is 0 Å². The summed E-state index contributed by atoms with van der Waals surface area (Å²) in [6.07, 6.45) is 8.28. The molecule has 0 bridgehead atoms. The first-order valence-corrected chi connectivity index (χ1v) is 19.6. The van der Waals surface area contributed by atoms with Crippen molar-refractivity contribution in [3.8, 4) is 0 Å². The molecule has 0 aromatic carbocycles. The van der Waals surface area contributed by atoms with Crippen molar-refractivity contribution in [1.29, 1.82) is 0 Å². The molecule has 0 amide bonds. The zero-order valence-electron chi connectivity index (χ0n) is 12.6. The van der Waals surface area contributed by atoms with Gasteiger partial charge in [0.15, 0.2) is 0 Å². The normalized spacial score (nSPS) is 18.5. The zero-order valence-corrected chi connectivity index (χ0v) is 17.9. The molecule has 1 aromatic rings. The molecule has 0 spiro atoms. The third-order valence-corrected chi connectivity index (χ3v) is 50.4. The van der Waals surface area contributed by atoms with Crippen LogP contribution >= 0.6 is 33.0 Å². The van der Waals surface area contributed by atoms with Crippen molar-refractivity contribution in [1.82, 2.24) is 0 Å². The van der Waals surface area contributed by atoms with Crippen LogP contribution in [0.25, 0.3) is 0 Å². The summed E-state index contributed by atoms with van der Waals surface area (Å²) in [7, 11) is 0.943. The van der Waals surface area contributed by atoms with Crippen molar-refractivity contribution in [2.24, 2.45) is 0 Å². The minimum absolute atomic E-state index is 0. The Morgan fingerprint density at radius 3 is 2.16 bits per heavy atom. The van der Waals surface area contributed by atoms with E-state index in [0.717, 1.165) is 8.19 Å². The maximum absolute atomic E-state index is 3.10. The summed E-state index contributed by atoms with van der Waals surface area (Å²) in [5, 5.41) is 8.09. The molecule has 0 nitrogen and oxygen atoms in total. The van der Waals surface area contributed by atoms with Gasteiger partial charge in [-0.05, 0) is 0 Å². The summed E-state index contributed by atoms with van der Waals surface area (Å²) in [6, 6.07) is 4.74. The van der Waals surface area contributed by atoms with Gasteiger partial charge in [0.25, 0.3) is 0 Å². The fraction of sp³-hybridized carbons (Fsp3) is 0.429. The van der Waals surface area contributed by atoms with E-state index in [9.17, 15) is 0 Å². The third-order valence-electron chi connectivity index (χ3n) is 6.09. The summed E-state index contributed by atoms with van der Waals surface area (Å²) in [4.78, 5) is 0. The number of hydrogen-bond acceptors (Lipinski definition) is 0. The maximum Gasteiger partial charge on any atom is -0.147 e. The smallest absolute Gasteiger partial charge is 0.147 e. The van der Waals surface area contributed by atoms with Crippen LogP contribution in [0.15, 0.2) is 40.0 Å². The van der Waals surface area contributed by atoms with Gasteiger partial charge in [-0.1, -0.05) is 0 Å². The van der Waals surface area contributed by atoms with Gasteiger partial charge in [-0.15, -0.1) is 24.8 Å². The number of hydrogen-bond donors (Lipinski definition) is 0. The molecule has 1 atom stereocenters. The van der Waals surface area contributed by atoms with E-state index < -0.39 is 19.9 Å². The molecule has 5 heteroatoms. The van der Waals surface area contributed by atoms with Crippen molar-refractivity contribution in [2.45, 2.75) is 35.2 Å². The van der Waals surface area contributed by atoms with E-state index in [0.29, 0.717) is 0 Å². The van der Waals surface area contributed by atoms with Crippen LogP contribution in [0.2, 0.25) is 28.8 Å². The number of halogens is 2. The van der Waals surface area contributed by atoms with Crippen LogP contribution < -0.4 is 3.60 Å². The number of allylic oxidation sites excluding steroid dienone is 4. The molecule has 19 heavy (non-hydrogen) atoms. The molecule has 0 N–H and O–H groups in total. The first-order chi connectivity index (χ1) is 7.72. The van der Waals surface area contributed by atoms with Crippen molar-refractivity contribution in [3.05, 3.63) is 40.0 Å². The Bertz CT molecular complexity index is 507. The van der Waals surface area contributed by atoms with E-state index in [2.05, 4.69) is 64.9 Å². The fourth-order valence-corrected chi connectivity index (χ4v) is 26.1. The summed E-state index contributed by atoms with van der Waals surface area (Å²) in [5.74, 6) is 2.37. The van der Waals surface area contributed by atoms with E-state index in [1.54, 1.807) is 3.88 Å². The van der Waals surface area contributed by atoms with Crippen LogP contribution in [0.1, 0.15) is 6.42 Å². The largest absolute Gasteiger partial charge is 0.147 e. The van der Waals surface area contributed by atoms with E-state index >= 15 is 0 Å². The molecular formula is C14H27Cl2PSiTi. The molecule has 0 saturated carbocycles. The standard InChI is InChI=1S/C5H5.C4H4P.C2H7Si.3CH3.2ClH.Ti/c2*1-2-4-5-3-1;1-3-2;;;;;;/h1-3H,4H2;1-3,5H;3H,1-2H3;3*1H3;2*1H;. The summed E-state index contributed by atoms with van der Waals surface area (Å²) >= 11 is -3.10. The Hall–Kier alpha value is 0.771. The minimum atomic E-state index is -3.10. The van der Waals surface area contributed by atoms with E-state index in [1.807, 2.05) is 3.60 Å². The van der Waals surface area contributed by atoms with Crippen LogP contribution in [0.3, 0.4) is 0 Å². The average molecular weight is 373 g/mol. The average Bonchev–Trinajstić information content (AvgIpc) is 2.92. The van der Waals surface area contributed by atoms with Gasteiger partial charge in [0.05, 0.1) is 0 Å². The third kappa shape index (κ3) is 2.63. The molecule has 1 aliphatic rings. The van der Waals surface area contributed by atoms with Crippen LogP contribution in [-0.4, -0.2) is 6.66 Å². The quantitative estimate of drug-likeness (QED) is 0.624. The fourth-order valence-electron chi connectivity index (χ4n) is 3.02. The molecule has 0 radical (unpaired) electrons. The molecule has 1 aromatic heterocycles. The Labute approximate surface area is 131 Å². The summed E-state index contributed by atoms with van der Waals surface area (Å²) in [6.45, 7) is 4.39. The predicted molar refractivity (Wildman–Crippen MR) is 98.4 cm³/mol. The second kappa shape index (κ2) is 5.52. The van der Waals surface area contributed by atoms with Crippen LogP contribution in [0, 0.1) is 0 Å². The molecule has 0 fully saturated rings. The topological polar surface area (TPSA) is 0 Å². The minimum Gasteiger partial charge on any atom is -0.147 e. The molecule has 0 saturated heterocycles. The van der Waals surface area contributed by atoms with Gasteiger partial charge in [-0.2, -0.15) is 0 Å². The van der Waals surface area contributed by atoms with E-state index in [1.165, 1.54) is 6.42 Å². The Morgan fingerprint density at radius 1 is 1.16 bits per heavy atom. The summed E-state index contributed by atoms with van der Waals surface area (Å²) in [5.41, 5.74) is 0. The maximum atomic E-state index is 2.70. The van der Waals surface area contributed by atoms with E-state index in [-0.39, 0.29) is 24.8 Å². The molecule has 1 unspecified atom stereocenters. The monoisotopic (exact) mass is 372 g/mol. The Balaban J connectivity index is 0.00000162.